The van der Waals surface area contributed by atoms with Gasteiger partial charge in [-0.15, -0.1) is 0 Å². The van der Waals surface area contributed by atoms with E-state index in [4.69, 9.17) is 4.74 Å². The molecule has 0 N–H and O–H groups in total. The average Bonchev–Trinajstić information content (AvgIpc) is 1.30. The molecule has 0 spiro atoms. The molecular weight excluding hydrogens is 124 g/mol. The fourth-order valence-electron chi connectivity index (χ4n) is 0.433. The van der Waals surface area contributed by atoms with Crippen molar-refractivity contribution >= 4 is 0 Å². The molecule has 0 atom stereocenters. The van der Waals surface area contributed by atoms with Crippen LogP contribution in [0.2, 0.25) is 0 Å². The molecule has 0 aromatic heterocycles. The first-order chi connectivity index (χ1) is 3.06. The Hall–Kier alpha value is -0.0400. The van der Waals surface area contributed by atoms with Gasteiger partial charge in [0, 0.05) is 6.61 Å². The SMILES string of the molecule is C.C.C.CCOC(C)(C)C. The molecule has 0 aromatic carbocycles. The van der Waals surface area contributed by atoms with E-state index in [1.54, 1.807) is 0 Å². The zero-order valence-electron chi connectivity index (χ0n) is 5.62. The molecule has 0 saturated carbocycles. The Balaban J connectivity index is -0.0000000600. The second kappa shape index (κ2) is 8.96. The van der Waals surface area contributed by atoms with Crippen LogP contribution in [-0.4, -0.2) is 12.2 Å². The minimum absolute atomic E-state index is 0. The Bertz CT molecular complexity index is 43.2. The number of ether oxygens (including phenoxy) is 1. The van der Waals surface area contributed by atoms with Crippen LogP contribution in [-0.2, 0) is 4.74 Å². The van der Waals surface area contributed by atoms with Crippen LogP contribution in [0.5, 0.6) is 0 Å². The first-order valence-electron chi connectivity index (χ1n) is 2.70. The van der Waals surface area contributed by atoms with E-state index in [0.29, 0.717) is 0 Å². The lowest BCUT2D eigenvalue weighted by molar-refractivity contribution is 0.00532. The van der Waals surface area contributed by atoms with E-state index in [2.05, 4.69) is 20.8 Å². The fraction of sp³-hybridized carbons (Fsp3) is 1.00. The van der Waals surface area contributed by atoms with Crippen molar-refractivity contribution in [1.29, 1.82) is 0 Å². The third kappa shape index (κ3) is 24.6. The Kier molecular flexibility index (Phi) is 20.2. The summed E-state index contributed by atoms with van der Waals surface area (Å²) in [5.74, 6) is 0. The van der Waals surface area contributed by atoms with Gasteiger partial charge in [-0.1, -0.05) is 22.3 Å². The topological polar surface area (TPSA) is 9.23 Å². The maximum absolute atomic E-state index is 5.23. The Morgan fingerprint density at radius 1 is 1.00 bits per heavy atom. The van der Waals surface area contributed by atoms with E-state index < -0.39 is 0 Å². The van der Waals surface area contributed by atoms with Crippen molar-refractivity contribution in [3.8, 4) is 0 Å². The van der Waals surface area contributed by atoms with E-state index in [9.17, 15) is 0 Å². The molecule has 1 nitrogen and oxygen atoms in total. The van der Waals surface area contributed by atoms with Gasteiger partial charge >= 0.3 is 0 Å². The van der Waals surface area contributed by atoms with Crippen molar-refractivity contribution in [2.45, 2.75) is 55.6 Å². The van der Waals surface area contributed by atoms with Gasteiger partial charge in [-0.3, -0.25) is 0 Å². The summed E-state index contributed by atoms with van der Waals surface area (Å²) in [5.41, 5.74) is 0.0503. The Morgan fingerprint density at radius 2 is 1.30 bits per heavy atom. The predicted molar refractivity (Wildman–Crippen MR) is 51.6 cm³/mol. The summed E-state index contributed by atoms with van der Waals surface area (Å²) in [6.45, 7) is 8.97. The van der Waals surface area contributed by atoms with Crippen LogP contribution < -0.4 is 0 Å². The quantitative estimate of drug-likeness (QED) is 0.553. The van der Waals surface area contributed by atoms with Crippen molar-refractivity contribution in [2.75, 3.05) is 6.61 Å². The largest absolute Gasteiger partial charge is 0.376 e. The van der Waals surface area contributed by atoms with Crippen LogP contribution in [0.4, 0.5) is 0 Å². The van der Waals surface area contributed by atoms with Gasteiger partial charge < -0.3 is 4.74 Å². The van der Waals surface area contributed by atoms with E-state index in [0.717, 1.165) is 6.61 Å². The molecule has 0 radical (unpaired) electrons. The van der Waals surface area contributed by atoms with E-state index in [1.807, 2.05) is 6.92 Å². The molecule has 0 heterocycles. The number of rotatable bonds is 1. The van der Waals surface area contributed by atoms with Gasteiger partial charge in [-0.25, -0.2) is 0 Å². The normalized spacial score (nSPS) is 8.40. The molecule has 0 amide bonds. The van der Waals surface area contributed by atoms with E-state index >= 15 is 0 Å². The second-order valence-corrected chi connectivity index (χ2v) is 2.55. The smallest absolute Gasteiger partial charge is 0.0598 e. The van der Waals surface area contributed by atoms with Gasteiger partial charge in [0.05, 0.1) is 5.60 Å². The van der Waals surface area contributed by atoms with Crippen LogP contribution in [0.1, 0.15) is 50.0 Å². The lowest BCUT2D eigenvalue weighted by Gasteiger charge is -2.17. The van der Waals surface area contributed by atoms with E-state index in [1.165, 1.54) is 0 Å². The number of hydrogen-bond donors (Lipinski definition) is 0. The minimum atomic E-state index is 0. The standard InChI is InChI=1S/C6H14O.3CH4/c1-5-7-6(2,3)4;;;/h5H2,1-4H3;3*1H4. The van der Waals surface area contributed by atoms with Crippen molar-refractivity contribution in [3.05, 3.63) is 0 Å². The van der Waals surface area contributed by atoms with Crippen molar-refractivity contribution in [1.82, 2.24) is 0 Å². The number of hydrogen-bond acceptors (Lipinski definition) is 1. The molecule has 0 aliphatic carbocycles. The van der Waals surface area contributed by atoms with Crippen LogP contribution in [0.15, 0.2) is 0 Å². The fourth-order valence-corrected chi connectivity index (χ4v) is 0.433. The highest BCUT2D eigenvalue weighted by Crippen LogP contribution is 2.04. The molecule has 0 fully saturated rings. The third-order valence-corrected chi connectivity index (χ3v) is 0.577. The summed E-state index contributed by atoms with van der Waals surface area (Å²) >= 11 is 0. The summed E-state index contributed by atoms with van der Waals surface area (Å²) in [6, 6.07) is 0. The molecule has 0 unspecified atom stereocenters. The predicted octanol–water partition coefficient (Wildman–Crippen LogP) is 3.73. The highest BCUT2D eigenvalue weighted by molar-refractivity contribution is 4.56. The van der Waals surface area contributed by atoms with Gasteiger partial charge in [0.25, 0.3) is 0 Å². The lowest BCUT2D eigenvalue weighted by atomic mass is 10.2. The first-order valence-corrected chi connectivity index (χ1v) is 2.70. The van der Waals surface area contributed by atoms with Crippen molar-refractivity contribution < 1.29 is 4.74 Å². The lowest BCUT2D eigenvalue weighted by Crippen LogP contribution is -2.18. The van der Waals surface area contributed by atoms with Crippen LogP contribution in [0, 0.1) is 0 Å². The third-order valence-electron chi connectivity index (χ3n) is 0.577. The van der Waals surface area contributed by atoms with Gasteiger partial charge in [0.15, 0.2) is 0 Å². The van der Waals surface area contributed by atoms with Gasteiger partial charge in [0.1, 0.15) is 0 Å². The second-order valence-electron chi connectivity index (χ2n) is 2.55. The summed E-state index contributed by atoms with van der Waals surface area (Å²) < 4.78 is 5.23. The molecule has 68 valence electrons. The van der Waals surface area contributed by atoms with Crippen molar-refractivity contribution in [2.24, 2.45) is 0 Å². The van der Waals surface area contributed by atoms with Gasteiger partial charge in [-0.2, -0.15) is 0 Å². The summed E-state index contributed by atoms with van der Waals surface area (Å²) in [4.78, 5) is 0. The molecule has 0 aromatic rings. The molecule has 0 saturated heterocycles. The molecule has 0 aliphatic rings. The molecule has 0 rings (SSSR count). The molecule has 0 bridgehead atoms. The van der Waals surface area contributed by atoms with Crippen molar-refractivity contribution in [3.63, 3.8) is 0 Å². The van der Waals surface area contributed by atoms with Crippen LogP contribution >= 0.6 is 0 Å². The summed E-state index contributed by atoms with van der Waals surface area (Å²) in [5, 5.41) is 0. The maximum atomic E-state index is 5.23. The Morgan fingerprint density at radius 3 is 1.30 bits per heavy atom. The Labute approximate surface area is 67.8 Å². The zero-order chi connectivity index (χ0) is 5.91. The highest BCUT2D eigenvalue weighted by Gasteiger charge is 2.06. The summed E-state index contributed by atoms with van der Waals surface area (Å²) in [6.07, 6.45) is 0. The first kappa shape index (κ1) is 22.5. The molecular formula is C9H26O. The maximum Gasteiger partial charge on any atom is 0.0598 e. The molecule has 0 aliphatic heterocycles. The molecule has 10 heavy (non-hydrogen) atoms. The van der Waals surface area contributed by atoms with E-state index in [-0.39, 0.29) is 27.9 Å². The minimum Gasteiger partial charge on any atom is -0.376 e. The van der Waals surface area contributed by atoms with Crippen LogP contribution in [0.25, 0.3) is 0 Å². The average molecular weight is 150 g/mol. The summed E-state index contributed by atoms with van der Waals surface area (Å²) in [7, 11) is 0. The monoisotopic (exact) mass is 150 g/mol. The highest BCUT2D eigenvalue weighted by atomic mass is 16.5. The zero-order valence-corrected chi connectivity index (χ0v) is 5.62. The molecule has 1 heteroatoms. The van der Waals surface area contributed by atoms with Gasteiger partial charge in [-0.05, 0) is 27.7 Å². The van der Waals surface area contributed by atoms with Gasteiger partial charge in [0.2, 0.25) is 0 Å². The van der Waals surface area contributed by atoms with Crippen LogP contribution in [0.3, 0.4) is 0 Å².